The molecule has 0 saturated carbocycles. The lowest BCUT2D eigenvalue weighted by Crippen LogP contribution is -2.08. The molecule has 0 aliphatic rings. The molecule has 29 heavy (non-hydrogen) atoms. The van der Waals surface area contributed by atoms with Crippen LogP contribution in [0.1, 0.15) is 37.5 Å². The van der Waals surface area contributed by atoms with E-state index in [1.165, 1.54) is 5.56 Å². The van der Waals surface area contributed by atoms with Crippen molar-refractivity contribution in [3.63, 3.8) is 0 Å². The Balaban J connectivity index is 1.57. The van der Waals surface area contributed by atoms with E-state index in [-0.39, 0.29) is 5.25 Å². The molecule has 0 radical (unpaired) electrons. The van der Waals surface area contributed by atoms with Gasteiger partial charge in [0.25, 0.3) is 0 Å². The van der Waals surface area contributed by atoms with Crippen LogP contribution < -0.4 is 0 Å². The topological polar surface area (TPSA) is 82.8 Å². The van der Waals surface area contributed by atoms with E-state index in [2.05, 4.69) is 38.8 Å². The summed E-state index contributed by atoms with van der Waals surface area (Å²) in [4.78, 5) is 0. The van der Waals surface area contributed by atoms with E-state index in [9.17, 15) is 0 Å². The van der Waals surface area contributed by atoms with E-state index in [1.54, 1.807) is 18.0 Å². The lowest BCUT2D eigenvalue weighted by molar-refractivity contribution is 0.486. The van der Waals surface area contributed by atoms with Gasteiger partial charge in [0.2, 0.25) is 11.8 Å². The summed E-state index contributed by atoms with van der Waals surface area (Å²) in [5.41, 5.74) is 2.10. The summed E-state index contributed by atoms with van der Waals surface area (Å²) in [7, 11) is 0. The van der Waals surface area contributed by atoms with Crippen molar-refractivity contribution in [2.45, 2.75) is 44.6 Å². The lowest BCUT2D eigenvalue weighted by Gasteiger charge is -2.12. The number of nitrogens with zero attached hydrogens (tertiary/aromatic N) is 5. The fourth-order valence-electron chi connectivity index (χ4n) is 2.91. The van der Waals surface area contributed by atoms with Crippen LogP contribution in [0.25, 0.3) is 23.0 Å². The maximum Gasteiger partial charge on any atom is 0.247 e. The molecule has 0 aliphatic carbocycles. The smallest absolute Gasteiger partial charge is 0.247 e. The first-order chi connectivity index (χ1) is 14.0. The van der Waals surface area contributed by atoms with Crippen LogP contribution >= 0.6 is 11.8 Å². The average Bonchev–Trinajstić information content (AvgIpc) is 3.43. The number of aryl methyl sites for hydroxylation is 1. The van der Waals surface area contributed by atoms with Gasteiger partial charge in [-0.15, -0.1) is 20.4 Å². The van der Waals surface area contributed by atoms with E-state index in [0.29, 0.717) is 23.5 Å². The first-order valence-electron chi connectivity index (χ1n) is 9.55. The minimum absolute atomic E-state index is 0.0683. The standard InChI is InChI=1S/C21H23N5O2S/c1-13(2)12-26-18(17-6-5-11-27-17)22-25-21(26)29-15(4)19-23-24-20(28-19)16-9-7-14(3)8-10-16/h5-11,13,15H,12H2,1-4H3. The van der Waals surface area contributed by atoms with Crippen molar-refractivity contribution in [1.29, 1.82) is 0 Å². The van der Waals surface area contributed by atoms with Crippen LogP contribution in [0.3, 0.4) is 0 Å². The number of hydrogen-bond acceptors (Lipinski definition) is 7. The van der Waals surface area contributed by atoms with Gasteiger partial charge in [-0.05, 0) is 44.0 Å². The minimum atomic E-state index is -0.0683. The predicted molar refractivity (Wildman–Crippen MR) is 111 cm³/mol. The SMILES string of the molecule is Cc1ccc(-c2nnc(C(C)Sc3nnc(-c4ccco4)n3CC(C)C)o2)cc1. The van der Waals surface area contributed by atoms with Crippen molar-refractivity contribution in [3.05, 3.63) is 54.1 Å². The highest BCUT2D eigenvalue weighted by Gasteiger charge is 2.22. The number of thioether (sulfide) groups is 1. The second-order valence-corrected chi connectivity index (χ2v) is 8.67. The predicted octanol–water partition coefficient (Wildman–Crippen LogP) is 5.41. The third kappa shape index (κ3) is 4.27. The average molecular weight is 410 g/mol. The zero-order chi connectivity index (χ0) is 20.4. The molecule has 4 rings (SSSR count). The Hall–Kier alpha value is -2.87. The maximum atomic E-state index is 5.92. The van der Waals surface area contributed by atoms with Gasteiger partial charge in [0.1, 0.15) is 0 Å². The highest BCUT2D eigenvalue weighted by atomic mass is 32.2. The molecule has 0 aliphatic heterocycles. The van der Waals surface area contributed by atoms with Crippen LogP contribution in [-0.4, -0.2) is 25.0 Å². The van der Waals surface area contributed by atoms with E-state index < -0.39 is 0 Å². The molecule has 7 nitrogen and oxygen atoms in total. The summed E-state index contributed by atoms with van der Waals surface area (Å²) in [5, 5.41) is 17.9. The summed E-state index contributed by atoms with van der Waals surface area (Å²) in [6.07, 6.45) is 1.64. The number of benzene rings is 1. The third-order valence-corrected chi connectivity index (χ3v) is 5.44. The number of rotatable bonds is 7. The quantitative estimate of drug-likeness (QED) is 0.378. The molecule has 0 fully saturated rings. The minimum Gasteiger partial charge on any atom is -0.461 e. The molecule has 0 spiro atoms. The van der Waals surface area contributed by atoms with E-state index in [1.807, 2.05) is 50.2 Å². The summed E-state index contributed by atoms with van der Waals surface area (Å²) in [6, 6.07) is 11.8. The normalized spacial score (nSPS) is 12.6. The van der Waals surface area contributed by atoms with Crippen molar-refractivity contribution in [1.82, 2.24) is 25.0 Å². The van der Waals surface area contributed by atoms with Crippen LogP contribution in [0.15, 0.2) is 56.7 Å². The molecule has 1 aromatic carbocycles. The van der Waals surface area contributed by atoms with Gasteiger partial charge in [0, 0.05) is 12.1 Å². The molecule has 0 saturated heterocycles. The second kappa shape index (κ2) is 8.24. The van der Waals surface area contributed by atoms with Crippen molar-refractivity contribution >= 4 is 11.8 Å². The Labute approximate surface area is 173 Å². The third-order valence-electron chi connectivity index (χ3n) is 4.38. The monoisotopic (exact) mass is 409 g/mol. The molecule has 0 N–H and O–H groups in total. The molecule has 8 heteroatoms. The molecule has 0 bridgehead atoms. The van der Waals surface area contributed by atoms with Gasteiger partial charge in [0.15, 0.2) is 16.7 Å². The van der Waals surface area contributed by atoms with E-state index in [0.717, 1.165) is 23.1 Å². The molecule has 0 amide bonds. The molecule has 150 valence electrons. The Morgan fingerprint density at radius 2 is 1.79 bits per heavy atom. The van der Waals surface area contributed by atoms with E-state index in [4.69, 9.17) is 8.83 Å². The van der Waals surface area contributed by atoms with Crippen molar-refractivity contribution in [2.24, 2.45) is 5.92 Å². The molecule has 3 heterocycles. The van der Waals surface area contributed by atoms with Crippen LogP contribution in [-0.2, 0) is 6.54 Å². The van der Waals surface area contributed by atoms with Crippen LogP contribution in [0.4, 0.5) is 0 Å². The van der Waals surface area contributed by atoms with Gasteiger partial charge >= 0.3 is 0 Å². The number of furan rings is 1. The fraction of sp³-hybridized carbons (Fsp3) is 0.333. The summed E-state index contributed by atoms with van der Waals surface area (Å²) >= 11 is 1.55. The first kappa shape index (κ1) is 19.4. The Morgan fingerprint density at radius 3 is 2.48 bits per heavy atom. The van der Waals surface area contributed by atoms with Crippen molar-refractivity contribution < 1.29 is 8.83 Å². The first-order valence-corrected chi connectivity index (χ1v) is 10.4. The van der Waals surface area contributed by atoms with Crippen molar-refractivity contribution in [2.75, 3.05) is 0 Å². The number of aromatic nitrogens is 5. The Bertz CT molecular complexity index is 1070. The largest absolute Gasteiger partial charge is 0.461 e. The van der Waals surface area contributed by atoms with Crippen LogP contribution in [0.2, 0.25) is 0 Å². The van der Waals surface area contributed by atoms with Crippen LogP contribution in [0, 0.1) is 12.8 Å². The summed E-state index contributed by atoms with van der Waals surface area (Å²) < 4.78 is 13.5. The van der Waals surface area contributed by atoms with Gasteiger partial charge < -0.3 is 8.83 Å². The highest BCUT2D eigenvalue weighted by molar-refractivity contribution is 7.99. The summed E-state index contributed by atoms with van der Waals surface area (Å²) in [5.74, 6) is 2.95. The molecular formula is C21H23N5O2S. The van der Waals surface area contributed by atoms with Gasteiger partial charge in [-0.1, -0.05) is 43.3 Å². The Morgan fingerprint density at radius 1 is 1.00 bits per heavy atom. The fourth-order valence-corrected chi connectivity index (χ4v) is 3.80. The molecule has 1 unspecified atom stereocenters. The van der Waals surface area contributed by atoms with Crippen LogP contribution in [0.5, 0.6) is 0 Å². The van der Waals surface area contributed by atoms with Gasteiger partial charge in [-0.3, -0.25) is 4.57 Å². The molecule has 1 atom stereocenters. The van der Waals surface area contributed by atoms with Crippen molar-refractivity contribution in [3.8, 4) is 23.0 Å². The van der Waals surface area contributed by atoms with Gasteiger partial charge in [0.05, 0.1) is 11.5 Å². The summed E-state index contributed by atoms with van der Waals surface area (Å²) in [6.45, 7) is 9.19. The number of hydrogen-bond donors (Lipinski definition) is 0. The molecule has 3 aromatic heterocycles. The maximum absolute atomic E-state index is 5.92. The lowest BCUT2D eigenvalue weighted by atomic mass is 10.1. The molecular weight excluding hydrogens is 386 g/mol. The second-order valence-electron chi connectivity index (χ2n) is 7.36. The van der Waals surface area contributed by atoms with E-state index >= 15 is 0 Å². The molecule has 4 aromatic rings. The Kier molecular flexibility index (Phi) is 5.53. The zero-order valence-corrected chi connectivity index (χ0v) is 17.7. The van der Waals surface area contributed by atoms with Gasteiger partial charge in [-0.25, -0.2) is 0 Å². The van der Waals surface area contributed by atoms with Gasteiger partial charge in [-0.2, -0.15) is 0 Å². The zero-order valence-electron chi connectivity index (χ0n) is 16.9. The highest BCUT2D eigenvalue weighted by Crippen LogP contribution is 2.36.